The minimum Gasteiger partial charge on any atom is -0.398 e. The van der Waals surface area contributed by atoms with Crippen LogP contribution in [0.4, 0.5) is 5.69 Å². The Morgan fingerprint density at radius 1 is 1.18 bits per heavy atom. The molecule has 1 aromatic carbocycles. The first-order valence-electron chi connectivity index (χ1n) is 5.84. The highest BCUT2D eigenvalue weighted by Crippen LogP contribution is 2.07. The van der Waals surface area contributed by atoms with E-state index in [1.54, 1.807) is 12.2 Å². The molecule has 1 rings (SSSR count). The van der Waals surface area contributed by atoms with Gasteiger partial charge < -0.3 is 5.73 Å². The second kappa shape index (κ2) is 8.08. The van der Waals surface area contributed by atoms with Gasteiger partial charge in [0, 0.05) is 17.7 Å². The molecule has 1 nitrogen and oxygen atoms in total. The lowest BCUT2D eigenvalue weighted by molar-refractivity contribution is 0.828. The maximum absolute atomic E-state index is 5.76. The second-order valence-electron chi connectivity index (χ2n) is 3.61. The molecule has 0 unspecified atom stereocenters. The third kappa shape index (κ3) is 5.50. The molecule has 0 atom stereocenters. The number of nitrogen functional groups attached to an aromatic ring is 1. The third-order valence-corrected chi connectivity index (χ3v) is 2.18. The van der Waals surface area contributed by atoms with Crippen molar-refractivity contribution in [2.24, 2.45) is 0 Å². The number of unbranched alkanes of at least 4 members (excludes halogenated alkanes) is 2. The summed E-state index contributed by atoms with van der Waals surface area (Å²) < 4.78 is 0. The fourth-order valence-corrected chi connectivity index (χ4v) is 1.21. The van der Waals surface area contributed by atoms with Crippen LogP contribution in [-0.2, 0) is 0 Å². The first-order chi connectivity index (χ1) is 8.34. The van der Waals surface area contributed by atoms with E-state index >= 15 is 0 Å². The molecule has 2 N–H and O–H groups in total. The van der Waals surface area contributed by atoms with Crippen molar-refractivity contribution in [1.82, 2.24) is 0 Å². The predicted molar refractivity (Wildman–Crippen MR) is 74.2 cm³/mol. The molecule has 17 heavy (non-hydrogen) atoms. The van der Waals surface area contributed by atoms with Crippen molar-refractivity contribution in [2.75, 3.05) is 5.73 Å². The second-order valence-corrected chi connectivity index (χ2v) is 3.61. The summed E-state index contributed by atoms with van der Waals surface area (Å²) in [5, 5.41) is 0. The van der Waals surface area contributed by atoms with Gasteiger partial charge in [0.15, 0.2) is 0 Å². The Labute approximate surface area is 104 Å². The summed E-state index contributed by atoms with van der Waals surface area (Å²) >= 11 is 0. The average molecular weight is 223 g/mol. The van der Waals surface area contributed by atoms with Gasteiger partial charge in [0.1, 0.15) is 0 Å². The zero-order valence-corrected chi connectivity index (χ0v) is 10.2. The molecule has 0 fully saturated rings. The van der Waals surface area contributed by atoms with Gasteiger partial charge in [-0.2, -0.15) is 0 Å². The summed E-state index contributed by atoms with van der Waals surface area (Å²) in [4.78, 5) is 0. The zero-order valence-electron chi connectivity index (χ0n) is 10.2. The molecule has 0 saturated carbocycles. The number of allylic oxidation sites excluding steroid dienone is 2. The average Bonchev–Trinajstić information content (AvgIpc) is 2.35. The van der Waals surface area contributed by atoms with E-state index in [1.165, 1.54) is 6.42 Å². The van der Waals surface area contributed by atoms with Gasteiger partial charge in [-0.3, -0.25) is 0 Å². The molecule has 0 amide bonds. The van der Waals surface area contributed by atoms with Gasteiger partial charge in [-0.25, -0.2) is 0 Å². The van der Waals surface area contributed by atoms with Crippen molar-refractivity contribution in [3.63, 3.8) is 0 Å². The minimum absolute atomic E-state index is 0.711. The van der Waals surface area contributed by atoms with Crippen LogP contribution in [0.1, 0.15) is 31.7 Å². The molecule has 0 radical (unpaired) electrons. The molecule has 0 aliphatic rings. The van der Waals surface area contributed by atoms with Crippen LogP contribution in [-0.4, -0.2) is 0 Å². The van der Waals surface area contributed by atoms with Crippen LogP contribution >= 0.6 is 0 Å². The SMILES string of the molecule is CCCCC#CC=CC#Cc1ccccc1N. The number of para-hydroxylation sites is 1. The molecule has 1 heteroatoms. The molecule has 86 valence electrons. The first kappa shape index (κ1) is 12.9. The molecule has 1 aromatic rings. The highest BCUT2D eigenvalue weighted by Gasteiger charge is 1.89. The Kier molecular flexibility index (Phi) is 6.15. The van der Waals surface area contributed by atoms with E-state index in [-0.39, 0.29) is 0 Å². The summed E-state index contributed by atoms with van der Waals surface area (Å²) in [6.07, 6.45) is 6.84. The maximum Gasteiger partial charge on any atom is 0.0478 e. The number of hydrogen-bond donors (Lipinski definition) is 1. The van der Waals surface area contributed by atoms with Gasteiger partial charge in [-0.05, 0) is 30.7 Å². The van der Waals surface area contributed by atoms with Crippen LogP contribution in [0.3, 0.4) is 0 Å². The van der Waals surface area contributed by atoms with Gasteiger partial charge >= 0.3 is 0 Å². The molecule has 0 spiro atoms. The quantitative estimate of drug-likeness (QED) is 0.464. The van der Waals surface area contributed by atoms with E-state index in [0.717, 1.165) is 18.4 Å². The number of rotatable bonds is 2. The fourth-order valence-electron chi connectivity index (χ4n) is 1.21. The van der Waals surface area contributed by atoms with Crippen LogP contribution < -0.4 is 5.73 Å². The maximum atomic E-state index is 5.76. The molecule has 0 aliphatic carbocycles. The molecule has 0 aromatic heterocycles. The Hall–Kier alpha value is -2.12. The number of nitrogens with two attached hydrogens (primary N) is 1. The standard InChI is InChI=1S/C16H17N/c1-2-3-4-5-6-7-8-9-12-15-13-10-11-14-16(15)17/h7-8,10-11,13-14H,2-4,17H2,1H3. The number of benzene rings is 1. The Balaban J connectivity index is 2.48. The van der Waals surface area contributed by atoms with Gasteiger partial charge in [0.05, 0.1) is 0 Å². The monoisotopic (exact) mass is 223 g/mol. The summed E-state index contributed by atoms with van der Waals surface area (Å²) in [6, 6.07) is 7.57. The third-order valence-electron chi connectivity index (χ3n) is 2.18. The van der Waals surface area contributed by atoms with Crippen molar-refractivity contribution in [2.45, 2.75) is 26.2 Å². The minimum atomic E-state index is 0.711. The van der Waals surface area contributed by atoms with E-state index in [4.69, 9.17) is 5.73 Å². The van der Waals surface area contributed by atoms with Gasteiger partial charge in [0.2, 0.25) is 0 Å². The van der Waals surface area contributed by atoms with Gasteiger partial charge in [-0.15, -0.1) is 0 Å². The predicted octanol–water partition coefficient (Wildman–Crippen LogP) is 3.37. The molecule has 0 bridgehead atoms. The fraction of sp³-hybridized carbons (Fsp3) is 0.250. The normalized spacial score (nSPS) is 9.24. The number of hydrogen-bond acceptors (Lipinski definition) is 1. The smallest absolute Gasteiger partial charge is 0.0478 e. The molecule has 0 saturated heterocycles. The Morgan fingerprint density at radius 3 is 2.71 bits per heavy atom. The zero-order chi connectivity index (χ0) is 12.3. The highest BCUT2D eigenvalue weighted by molar-refractivity contribution is 5.56. The molecular weight excluding hydrogens is 206 g/mol. The van der Waals surface area contributed by atoms with Gasteiger partial charge in [0.25, 0.3) is 0 Å². The largest absolute Gasteiger partial charge is 0.398 e. The first-order valence-corrected chi connectivity index (χ1v) is 5.84. The van der Waals surface area contributed by atoms with Crippen molar-refractivity contribution in [1.29, 1.82) is 0 Å². The summed E-state index contributed by atoms with van der Waals surface area (Å²) in [5.74, 6) is 11.9. The van der Waals surface area contributed by atoms with Crippen molar-refractivity contribution < 1.29 is 0 Å². The van der Waals surface area contributed by atoms with Crippen molar-refractivity contribution in [3.05, 3.63) is 42.0 Å². The van der Waals surface area contributed by atoms with E-state index in [0.29, 0.717) is 5.69 Å². The summed E-state index contributed by atoms with van der Waals surface area (Å²) in [5.41, 5.74) is 7.33. The van der Waals surface area contributed by atoms with Crippen LogP contribution in [0.5, 0.6) is 0 Å². The van der Waals surface area contributed by atoms with E-state index < -0.39 is 0 Å². The summed E-state index contributed by atoms with van der Waals surface area (Å²) in [7, 11) is 0. The summed E-state index contributed by atoms with van der Waals surface area (Å²) in [6.45, 7) is 2.16. The van der Waals surface area contributed by atoms with Crippen molar-refractivity contribution >= 4 is 5.69 Å². The van der Waals surface area contributed by atoms with E-state index in [2.05, 4.69) is 30.6 Å². The van der Waals surface area contributed by atoms with E-state index in [9.17, 15) is 0 Å². The highest BCUT2D eigenvalue weighted by atomic mass is 14.5. The lowest BCUT2D eigenvalue weighted by Gasteiger charge is -1.93. The topological polar surface area (TPSA) is 26.0 Å². The van der Waals surface area contributed by atoms with Crippen LogP contribution in [0, 0.1) is 23.7 Å². The Bertz CT molecular complexity index is 489. The van der Waals surface area contributed by atoms with Crippen molar-refractivity contribution in [3.8, 4) is 23.7 Å². The van der Waals surface area contributed by atoms with Crippen LogP contribution in [0.25, 0.3) is 0 Å². The van der Waals surface area contributed by atoms with Crippen LogP contribution in [0.15, 0.2) is 36.4 Å². The Morgan fingerprint density at radius 2 is 1.94 bits per heavy atom. The molecule has 0 heterocycles. The lowest BCUT2D eigenvalue weighted by atomic mass is 10.2. The van der Waals surface area contributed by atoms with Crippen LogP contribution in [0.2, 0.25) is 0 Å². The van der Waals surface area contributed by atoms with Gasteiger partial charge in [-0.1, -0.05) is 49.2 Å². The van der Waals surface area contributed by atoms with E-state index in [1.807, 2.05) is 24.3 Å². The lowest BCUT2D eigenvalue weighted by Crippen LogP contribution is -1.87. The molecule has 0 aliphatic heterocycles. The number of anilines is 1. The molecular formula is C16H17N.